The molecule has 1 heterocycles. The lowest BCUT2D eigenvalue weighted by atomic mass is 10.1. The smallest absolute Gasteiger partial charge is 0.338 e. The third-order valence-corrected chi connectivity index (χ3v) is 5.51. The van der Waals surface area contributed by atoms with Crippen LogP contribution >= 0.6 is 15.9 Å². The lowest BCUT2D eigenvalue weighted by Crippen LogP contribution is -2.23. The summed E-state index contributed by atoms with van der Waals surface area (Å²) in [6.07, 6.45) is 1.54. The van der Waals surface area contributed by atoms with Crippen molar-refractivity contribution in [2.75, 3.05) is 23.9 Å². The zero-order valence-electron chi connectivity index (χ0n) is 21.3. The number of nitrogens with one attached hydrogen (secondary N) is 1. The van der Waals surface area contributed by atoms with Crippen molar-refractivity contribution in [2.24, 2.45) is 0 Å². The van der Waals surface area contributed by atoms with Gasteiger partial charge >= 0.3 is 12.0 Å². The molecule has 0 amide bonds. The molecule has 0 saturated carbocycles. The van der Waals surface area contributed by atoms with Gasteiger partial charge in [-0.05, 0) is 69.5 Å². The van der Waals surface area contributed by atoms with E-state index in [-0.39, 0.29) is 5.97 Å². The summed E-state index contributed by atoms with van der Waals surface area (Å²) in [7, 11) is 0. The number of halogens is 1. The van der Waals surface area contributed by atoms with Crippen LogP contribution in [0.5, 0.6) is 11.8 Å². The molecule has 3 aromatic rings. The van der Waals surface area contributed by atoms with E-state index in [0.717, 1.165) is 34.3 Å². The Bertz CT molecular complexity index is 1110. The third-order valence-electron chi connectivity index (χ3n) is 4.95. The zero-order valence-corrected chi connectivity index (χ0v) is 22.9. The van der Waals surface area contributed by atoms with E-state index in [1.807, 2.05) is 70.2 Å². The maximum absolute atomic E-state index is 12.3. The van der Waals surface area contributed by atoms with Gasteiger partial charge in [-0.3, -0.25) is 0 Å². The zero-order chi connectivity index (χ0) is 26.0. The number of nitrogens with zero attached hydrogens (tertiary/aromatic N) is 2. The fourth-order valence-electron chi connectivity index (χ4n) is 3.29. The molecule has 0 aliphatic heterocycles. The molecule has 0 atom stereocenters. The standard InChI is InChI=1S/C28H34BrN3O4/c1-5-34-27-31-23(17-20-7-11-22(12-8-20)26(33)36-28(2,3)4)18-25(32-27)30-19-21-9-13-24(14-10-21)35-16-6-15-29/h7-14,18H,5-6,15-17,19H2,1-4H3,(H,30,31,32). The molecule has 0 radical (unpaired) electrons. The highest BCUT2D eigenvalue weighted by molar-refractivity contribution is 9.09. The highest BCUT2D eigenvalue weighted by Gasteiger charge is 2.17. The molecular formula is C28H34BrN3O4. The van der Waals surface area contributed by atoms with Crippen molar-refractivity contribution < 1.29 is 19.0 Å². The average Bonchev–Trinajstić information content (AvgIpc) is 2.83. The van der Waals surface area contributed by atoms with Crippen molar-refractivity contribution in [2.45, 2.75) is 52.7 Å². The van der Waals surface area contributed by atoms with Crippen LogP contribution in [0.2, 0.25) is 0 Å². The monoisotopic (exact) mass is 555 g/mol. The number of esters is 1. The first-order valence-corrected chi connectivity index (χ1v) is 13.2. The number of rotatable bonds is 12. The molecule has 0 fully saturated rings. The molecule has 1 aromatic heterocycles. The van der Waals surface area contributed by atoms with Gasteiger partial charge in [0, 0.05) is 24.4 Å². The van der Waals surface area contributed by atoms with Crippen LogP contribution in [0.15, 0.2) is 54.6 Å². The first-order valence-electron chi connectivity index (χ1n) is 12.1. The number of hydrogen-bond donors (Lipinski definition) is 1. The van der Waals surface area contributed by atoms with Gasteiger partial charge in [0.25, 0.3) is 0 Å². The molecule has 1 N–H and O–H groups in total. The van der Waals surface area contributed by atoms with Gasteiger partial charge < -0.3 is 19.5 Å². The number of ether oxygens (including phenoxy) is 3. The van der Waals surface area contributed by atoms with E-state index in [1.54, 1.807) is 12.1 Å². The molecule has 0 bridgehead atoms. The van der Waals surface area contributed by atoms with Gasteiger partial charge in [0.2, 0.25) is 0 Å². The van der Waals surface area contributed by atoms with Crippen LogP contribution in [-0.4, -0.2) is 40.1 Å². The van der Waals surface area contributed by atoms with Crippen LogP contribution in [0.4, 0.5) is 5.82 Å². The minimum Gasteiger partial charge on any atom is -0.494 e. The Morgan fingerprint density at radius 2 is 1.67 bits per heavy atom. The van der Waals surface area contributed by atoms with Crippen molar-refractivity contribution in [3.05, 3.63) is 77.0 Å². The number of hydrogen-bond acceptors (Lipinski definition) is 7. The van der Waals surface area contributed by atoms with Crippen LogP contribution in [0.3, 0.4) is 0 Å². The van der Waals surface area contributed by atoms with Crippen LogP contribution < -0.4 is 14.8 Å². The van der Waals surface area contributed by atoms with E-state index in [4.69, 9.17) is 14.2 Å². The number of carbonyl (C=O) groups excluding carboxylic acids is 1. The van der Waals surface area contributed by atoms with E-state index >= 15 is 0 Å². The highest BCUT2D eigenvalue weighted by atomic mass is 79.9. The molecule has 36 heavy (non-hydrogen) atoms. The van der Waals surface area contributed by atoms with Crippen LogP contribution in [0.1, 0.15) is 61.3 Å². The number of benzene rings is 2. The van der Waals surface area contributed by atoms with Crippen LogP contribution in [-0.2, 0) is 17.7 Å². The maximum atomic E-state index is 12.3. The predicted octanol–water partition coefficient (Wildman–Crippen LogP) is 6.20. The molecular weight excluding hydrogens is 522 g/mol. The van der Waals surface area contributed by atoms with E-state index < -0.39 is 5.60 Å². The molecule has 0 saturated heterocycles. The normalized spacial score (nSPS) is 11.1. The van der Waals surface area contributed by atoms with Gasteiger partial charge in [0.15, 0.2) is 0 Å². The molecule has 7 nitrogen and oxygen atoms in total. The van der Waals surface area contributed by atoms with E-state index in [9.17, 15) is 4.79 Å². The maximum Gasteiger partial charge on any atom is 0.338 e. The van der Waals surface area contributed by atoms with E-state index in [1.165, 1.54) is 0 Å². The highest BCUT2D eigenvalue weighted by Crippen LogP contribution is 2.19. The molecule has 0 aliphatic carbocycles. The minimum absolute atomic E-state index is 0.332. The number of aromatic nitrogens is 2. The topological polar surface area (TPSA) is 82.6 Å². The second-order valence-corrected chi connectivity index (χ2v) is 10.0. The molecule has 2 aromatic carbocycles. The number of anilines is 1. The van der Waals surface area contributed by atoms with Gasteiger partial charge in [-0.15, -0.1) is 0 Å². The summed E-state index contributed by atoms with van der Waals surface area (Å²) in [5.41, 5.74) is 2.94. The molecule has 0 spiro atoms. The molecule has 0 unspecified atom stereocenters. The van der Waals surface area contributed by atoms with Crippen molar-refractivity contribution in [3.63, 3.8) is 0 Å². The van der Waals surface area contributed by atoms with E-state index in [2.05, 4.69) is 31.2 Å². The van der Waals surface area contributed by atoms with Gasteiger partial charge in [-0.25, -0.2) is 4.79 Å². The van der Waals surface area contributed by atoms with Crippen molar-refractivity contribution >= 4 is 27.7 Å². The lowest BCUT2D eigenvalue weighted by Gasteiger charge is -2.19. The first kappa shape index (κ1) is 27.5. The Kier molecular flexibility index (Phi) is 10.1. The van der Waals surface area contributed by atoms with Gasteiger partial charge in [0.05, 0.1) is 24.5 Å². The summed E-state index contributed by atoms with van der Waals surface area (Å²) in [6, 6.07) is 17.7. The SMILES string of the molecule is CCOc1nc(Cc2ccc(C(=O)OC(C)(C)C)cc2)cc(NCc2ccc(OCCCBr)cc2)n1. The Labute approximate surface area is 221 Å². The van der Waals surface area contributed by atoms with Crippen molar-refractivity contribution in [3.8, 4) is 11.8 Å². The lowest BCUT2D eigenvalue weighted by molar-refractivity contribution is 0.00695. The minimum atomic E-state index is -0.529. The second-order valence-electron chi connectivity index (χ2n) is 9.22. The quantitative estimate of drug-likeness (QED) is 0.162. The Balaban J connectivity index is 1.65. The summed E-state index contributed by atoms with van der Waals surface area (Å²) in [5.74, 6) is 1.21. The van der Waals surface area contributed by atoms with E-state index in [0.29, 0.717) is 43.6 Å². The number of alkyl halides is 1. The van der Waals surface area contributed by atoms with Gasteiger partial charge in [-0.1, -0.05) is 40.2 Å². The predicted molar refractivity (Wildman–Crippen MR) is 145 cm³/mol. The summed E-state index contributed by atoms with van der Waals surface area (Å²) in [6.45, 7) is 9.24. The molecule has 192 valence electrons. The second kappa shape index (κ2) is 13.3. The fraction of sp³-hybridized carbons (Fsp3) is 0.393. The Morgan fingerprint density at radius 3 is 2.31 bits per heavy atom. The molecule has 3 rings (SSSR count). The summed E-state index contributed by atoms with van der Waals surface area (Å²) >= 11 is 3.41. The summed E-state index contributed by atoms with van der Waals surface area (Å²) in [5, 5.41) is 4.29. The molecule has 8 heteroatoms. The Hall–Kier alpha value is -3.13. The van der Waals surface area contributed by atoms with Gasteiger partial charge in [-0.2, -0.15) is 9.97 Å². The number of carbonyl (C=O) groups is 1. The third kappa shape index (κ3) is 9.15. The van der Waals surface area contributed by atoms with Crippen molar-refractivity contribution in [1.29, 1.82) is 0 Å². The van der Waals surface area contributed by atoms with Gasteiger partial charge in [0.1, 0.15) is 17.2 Å². The largest absolute Gasteiger partial charge is 0.494 e. The first-order chi connectivity index (χ1) is 17.3. The molecule has 0 aliphatic rings. The van der Waals surface area contributed by atoms with Crippen LogP contribution in [0, 0.1) is 0 Å². The van der Waals surface area contributed by atoms with Crippen LogP contribution in [0.25, 0.3) is 0 Å². The Morgan fingerprint density at radius 1 is 0.972 bits per heavy atom. The van der Waals surface area contributed by atoms with Crippen molar-refractivity contribution in [1.82, 2.24) is 9.97 Å². The average molecular weight is 557 g/mol. The summed E-state index contributed by atoms with van der Waals surface area (Å²) < 4.78 is 16.7. The fourth-order valence-corrected chi connectivity index (χ4v) is 3.52. The summed E-state index contributed by atoms with van der Waals surface area (Å²) in [4.78, 5) is 21.3.